The summed E-state index contributed by atoms with van der Waals surface area (Å²) in [7, 11) is 1.68. The average molecular weight is 374 g/mol. The molecule has 1 aromatic carbocycles. The Balaban J connectivity index is 1.60. The fourth-order valence-electron chi connectivity index (χ4n) is 3.62. The van der Waals surface area contributed by atoms with Crippen LogP contribution in [0.15, 0.2) is 35.7 Å². The molecule has 1 fully saturated rings. The molecule has 1 aliphatic heterocycles. The van der Waals surface area contributed by atoms with E-state index >= 15 is 0 Å². The first kappa shape index (κ1) is 18.7. The Labute approximate surface area is 159 Å². The Morgan fingerprint density at radius 1 is 1.35 bits per heavy atom. The quantitative estimate of drug-likeness (QED) is 0.804. The Morgan fingerprint density at radius 2 is 2.19 bits per heavy atom. The molecule has 1 atom stereocenters. The van der Waals surface area contributed by atoms with E-state index in [-0.39, 0.29) is 11.4 Å². The predicted octanol–water partition coefficient (Wildman–Crippen LogP) is 3.99. The van der Waals surface area contributed by atoms with Crippen LogP contribution in [0.3, 0.4) is 0 Å². The Bertz CT molecular complexity index is 761. The first-order valence-corrected chi connectivity index (χ1v) is 9.83. The maximum Gasteiger partial charge on any atom is 0.217 e. The first-order valence-electron chi connectivity index (χ1n) is 8.95. The third-order valence-corrected chi connectivity index (χ3v) is 5.57. The third kappa shape index (κ3) is 4.99. The minimum atomic E-state index is -0.122. The van der Waals surface area contributed by atoms with Crippen molar-refractivity contribution in [3.8, 4) is 5.75 Å². The molecule has 1 aromatic heterocycles. The molecule has 0 saturated carbocycles. The van der Waals surface area contributed by atoms with Crippen molar-refractivity contribution in [2.45, 2.75) is 38.8 Å². The van der Waals surface area contributed by atoms with E-state index in [9.17, 15) is 4.79 Å². The summed E-state index contributed by atoms with van der Waals surface area (Å²) in [6, 6.07) is 10.1. The predicted molar refractivity (Wildman–Crippen MR) is 107 cm³/mol. The van der Waals surface area contributed by atoms with Crippen LogP contribution in [-0.4, -0.2) is 36.5 Å². The van der Waals surface area contributed by atoms with Gasteiger partial charge in [0.25, 0.3) is 0 Å². The van der Waals surface area contributed by atoms with E-state index < -0.39 is 0 Å². The molecule has 0 spiro atoms. The van der Waals surface area contributed by atoms with Gasteiger partial charge in [0, 0.05) is 53.3 Å². The molecule has 1 unspecified atom stereocenters. The maximum atomic E-state index is 11.5. The fourth-order valence-corrected chi connectivity index (χ4v) is 4.48. The highest BCUT2D eigenvalue weighted by Gasteiger charge is 2.31. The minimum Gasteiger partial charge on any atom is -0.497 e. The van der Waals surface area contributed by atoms with Gasteiger partial charge in [-0.1, -0.05) is 6.07 Å². The second-order valence-electron chi connectivity index (χ2n) is 7.21. The van der Waals surface area contributed by atoms with Gasteiger partial charge in [-0.2, -0.15) is 0 Å². The van der Waals surface area contributed by atoms with Gasteiger partial charge in [-0.25, -0.2) is 0 Å². The summed E-state index contributed by atoms with van der Waals surface area (Å²) < 4.78 is 5.27. The molecule has 140 valence electrons. The van der Waals surface area contributed by atoms with Gasteiger partial charge >= 0.3 is 0 Å². The number of likely N-dealkylation sites (tertiary alicyclic amines) is 1. The largest absolute Gasteiger partial charge is 0.497 e. The molecule has 2 N–H and O–H groups in total. The number of methoxy groups -OCH3 is 1. The van der Waals surface area contributed by atoms with E-state index in [1.807, 2.05) is 24.3 Å². The number of anilines is 2. The van der Waals surface area contributed by atoms with Crippen LogP contribution in [0.25, 0.3) is 0 Å². The molecule has 2 heterocycles. The first-order chi connectivity index (χ1) is 12.5. The van der Waals surface area contributed by atoms with Gasteiger partial charge in [-0.05, 0) is 44.5 Å². The fraction of sp³-hybridized carbons (Fsp3) is 0.450. The number of nitrogens with one attached hydrogen (secondary N) is 2. The van der Waals surface area contributed by atoms with Crippen LogP contribution in [0, 0.1) is 0 Å². The lowest BCUT2D eigenvalue weighted by atomic mass is 9.91. The number of amides is 1. The van der Waals surface area contributed by atoms with Crippen molar-refractivity contribution in [3.63, 3.8) is 0 Å². The van der Waals surface area contributed by atoms with Crippen LogP contribution < -0.4 is 15.4 Å². The van der Waals surface area contributed by atoms with Gasteiger partial charge in [0.2, 0.25) is 5.91 Å². The van der Waals surface area contributed by atoms with Crippen molar-refractivity contribution >= 4 is 28.6 Å². The number of nitrogens with zero attached hydrogens (tertiary/aromatic N) is 1. The highest BCUT2D eigenvalue weighted by molar-refractivity contribution is 7.10. The van der Waals surface area contributed by atoms with Crippen LogP contribution in [0.4, 0.5) is 11.4 Å². The lowest BCUT2D eigenvalue weighted by molar-refractivity contribution is -0.121. The molecule has 1 amide bonds. The van der Waals surface area contributed by atoms with E-state index in [0.717, 1.165) is 49.6 Å². The number of benzene rings is 1. The Kier molecular flexibility index (Phi) is 5.84. The van der Waals surface area contributed by atoms with Gasteiger partial charge in [0.15, 0.2) is 0 Å². The lowest BCUT2D eigenvalue weighted by Crippen LogP contribution is -2.56. The molecular weight excluding hydrogens is 346 g/mol. The monoisotopic (exact) mass is 373 g/mol. The molecule has 6 heteroatoms. The summed E-state index contributed by atoms with van der Waals surface area (Å²) in [4.78, 5) is 15.2. The highest BCUT2D eigenvalue weighted by atomic mass is 32.1. The van der Waals surface area contributed by atoms with E-state index in [1.165, 1.54) is 4.88 Å². The summed E-state index contributed by atoms with van der Waals surface area (Å²) in [5.74, 6) is 0.895. The van der Waals surface area contributed by atoms with Crippen molar-refractivity contribution in [1.29, 1.82) is 0 Å². The van der Waals surface area contributed by atoms with Crippen molar-refractivity contribution in [2.75, 3.05) is 25.5 Å². The number of ether oxygens (including phenoxy) is 1. The molecule has 26 heavy (non-hydrogen) atoms. The number of rotatable bonds is 6. The normalized spacial score (nSPS) is 20.6. The number of carbonyl (C=O) groups is 1. The number of thiophene rings is 1. The van der Waals surface area contributed by atoms with Crippen LogP contribution in [-0.2, 0) is 11.3 Å². The molecule has 0 aliphatic carbocycles. The lowest BCUT2D eigenvalue weighted by Gasteiger charge is -2.40. The van der Waals surface area contributed by atoms with Crippen LogP contribution in [0.2, 0.25) is 0 Å². The summed E-state index contributed by atoms with van der Waals surface area (Å²) in [5, 5.41) is 8.70. The Morgan fingerprint density at radius 3 is 2.96 bits per heavy atom. The van der Waals surface area contributed by atoms with Gasteiger partial charge in [0.1, 0.15) is 5.75 Å². The molecule has 5 nitrogen and oxygen atoms in total. The zero-order chi connectivity index (χ0) is 18.6. The van der Waals surface area contributed by atoms with E-state index in [0.29, 0.717) is 0 Å². The zero-order valence-corrected chi connectivity index (χ0v) is 16.5. The second kappa shape index (κ2) is 8.10. The van der Waals surface area contributed by atoms with E-state index in [2.05, 4.69) is 33.9 Å². The standard InChI is InChI=1S/C20H27N3O2S/c1-15(24)22-20(2)8-5-9-23(14-20)12-19-11-17(13-26-19)21-16-6-4-7-18(10-16)25-3/h4,6-7,10-11,13,21H,5,8-9,12,14H2,1-3H3,(H,22,24). The molecular formula is C20H27N3O2S. The van der Waals surface area contributed by atoms with Crippen LogP contribution in [0.1, 0.15) is 31.6 Å². The van der Waals surface area contributed by atoms with Gasteiger partial charge in [0.05, 0.1) is 7.11 Å². The smallest absolute Gasteiger partial charge is 0.217 e. The van der Waals surface area contributed by atoms with Crippen molar-refractivity contribution in [3.05, 3.63) is 40.6 Å². The molecule has 0 radical (unpaired) electrons. The maximum absolute atomic E-state index is 11.5. The summed E-state index contributed by atoms with van der Waals surface area (Å²) in [5.41, 5.74) is 1.99. The molecule has 1 saturated heterocycles. The summed E-state index contributed by atoms with van der Waals surface area (Å²) in [6.07, 6.45) is 2.15. The number of carbonyl (C=O) groups excluding carboxylic acids is 1. The number of hydrogen-bond donors (Lipinski definition) is 2. The average Bonchev–Trinajstić information content (AvgIpc) is 3.00. The van der Waals surface area contributed by atoms with Crippen molar-refractivity contribution in [1.82, 2.24) is 10.2 Å². The summed E-state index contributed by atoms with van der Waals surface area (Å²) >= 11 is 1.76. The molecule has 0 bridgehead atoms. The highest BCUT2D eigenvalue weighted by Crippen LogP contribution is 2.28. The van der Waals surface area contributed by atoms with E-state index in [4.69, 9.17) is 4.74 Å². The second-order valence-corrected chi connectivity index (χ2v) is 8.21. The van der Waals surface area contributed by atoms with Gasteiger partial charge < -0.3 is 15.4 Å². The molecule has 3 rings (SSSR count). The minimum absolute atomic E-state index is 0.0512. The van der Waals surface area contributed by atoms with E-state index in [1.54, 1.807) is 25.4 Å². The van der Waals surface area contributed by atoms with Crippen LogP contribution >= 0.6 is 11.3 Å². The van der Waals surface area contributed by atoms with Crippen LogP contribution in [0.5, 0.6) is 5.75 Å². The zero-order valence-electron chi connectivity index (χ0n) is 15.7. The van der Waals surface area contributed by atoms with Gasteiger partial charge in [-0.3, -0.25) is 9.69 Å². The molecule has 2 aromatic rings. The Hall–Kier alpha value is -2.05. The topological polar surface area (TPSA) is 53.6 Å². The van der Waals surface area contributed by atoms with Crippen molar-refractivity contribution < 1.29 is 9.53 Å². The summed E-state index contributed by atoms with van der Waals surface area (Å²) in [6.45, 7) is 6.62. The third-order valence-electron chi connectivity index (χ3n) is 4.64. The SMILES string of the molecule is COc1cccc(Nc2csc(CN3CCCC(C)(NC(C)=O)C3)c2)c1. The van der Waals surface area contributed by atoms with Crippen molar-refractivity contribution in [2.24, 2.45) is 0 Å². The molecule has 1 aliphatic rings. The number of piperidine rings is 1. The van der Waals surface area contributed by atoms with Gasteiger partial charge in [-0.15, -0.1) is 11.3 Å². The number of hydrogen-bond acceptors (Lipinski definition) is 5.